The van der Waals surface area contributed by atoms with Crippen LogP contribution in [0.25, 0.3) is 0 Å². The van der Waals surface area contributed by atoms with E-state index in [1.807, 2.05) is 0 Å². The molecule has 0 saturated carbocycles. The Morgan fingerprint density at radius 3 is 2.63 bits per heavy atom. The number of carboxylic acid groups (broad SMARTS) is 1. The lowest BCUT2D eigenvalue weighted by molar-refractivity contribution is -0.140. The molecule has 3 N–H and O–H groups in total. The van der Waals surface area contributed by atoms with Crippen LogP contribution in [0.1, 0.15) is 23.4 Å². The Balaban J connectivity index is 2.36. The first-order chi connectivity index (χ1) is 8.84. The van der Waals surface area contributed by atoms with Gasteiger partial charge in [0.2, 0.25) is 5.09 Å². The first-order valence-electron chi connectivity index (χ1n) is 5.48. The van der Waals surface area contributed by atoms with Crippen molar-refractivity contribution in [3.63, 3.8) is 0 Å². The molecule has 104 valence electrons. The van der Waals surface area contributed by atoms with Crippen molar-refractivity contribution in [3.8, 4) is 0 Å². The van der Waals surface area contributed by atoms with Crippen molar-refractivity contribution in [3.05, 3.63) is 17.9 Å². The largest absolute Gasteiger partial charge is 0.480 e. The maximum Gasteiger partial charge on any atom is 0.322 e. The molecule has 0 spiro atoms. The van der Waals surface area contributed by atoms with Crippen molar-refractivity contribution >= 4 is 21.9 Å². The molecule has 1 atom stereocenters. The van der Waals surface area contributed by atoms with Gasteiger partial charge >= 0.3 is 5.97 Å². The highest BCUT2D eigenvalue weighted by Gasteiger charge is 2.41. The van der Waals surface area contributed by atoms with Gasteiger partial charge in [-0.25, -0.2) is 8.42 Å². The lowest BCUT2D eigenvalue weighted by atomic mass is 10.2. The maximum absolute atomic E-state index is 12.2. The standard InChI is InChI=1S/C10H12N2O6S/c11-9(13)7-3-4-8(18-7)19(16,17)12-5-1-2-6(12)10(14)15/h3-4,6H,1-2,5H2,(H2,11,13)(H,14,15)/t6-/m1/s1. The molecule has 8 nitrogen and oxygen atoms in total. The van der Waals surface area contributed by atoms with E-state index in [2.05, 4.69) is 0 Å². The monoisotopic (exact) mass is 288 g/mol. The third-order valence-electron chi connectivity index (χ3n) is 2.88. The zero-order chi connectivity index (χ0) is 14.2. The number of nitrogens with zero attached hydrogens (tertiary/aromatic N) is 1. The molecule has 0 aromatic carbocycles. The highest BCUT2D eigenvalue weighted by atomic mass is 32.2. The summed E-state index contributed by atoms with van der Waals surface area (Å²) < 4.78 is 30.1. The molecule has 9 heteroatoms. The van der Waals surface area contributed by atoms with E-state index in [1.54, 1.807) is 0 Å². The molecule has 1 amide bonds. The molecule has 0 unspecified atom stereocenters. The highest BCUT2D eigenvalue weighted by Crippen LogP contribution is 2.27. The van der Waals surface area contributed by atoms with Crippen LogP contribution < -0.4 is 5.73 Å². The fourth-order valence-corrected chi connectivity index (χ4v) is 3.55. The molecule has 2 heterocycles. The van der Waals surface area contributed by atoms with Crippen LogP contribution in [0.3, 0.4) is 0 Å². The Morgan fingerprint density at radius 1 is 1.42 bits per heavy atom. The van der Waals surface area contributed by atoms with Crippen LogP contribution in [-0.4, -0.2) is 42.3 Å². The third-order valence-corrected chi connectivity index (χ3v) is 4.66. The van der Waals surface area contributed by atoms with Crippen LogP contribution in [0.4, 0.5) is 0 Å². The topological polar surface area (TPSA) is 131 Å². The molecule has 2 rings (SSSR count). The Bertz CT molecular complexity index is 620. The van der Waals surface area contributed by atoms with Crippen molar-refractivity contribution in [2.45, 2.75) is 24.0 Å². The average molecular weight is 288 g/mol. The minimum absolute atomic E-state index is 0.103. The van der Waals surface area contributed by atoms with Crippen molar-refractivity contribution in [1.29, 1.82) is 0 Å². The van der Waals surface area contributed by atoms with Crippen molar-refractivity contribution in [2.24, 2.45) is 5.73 Å². The fraction of sp³-hybridized carbons (Fsp3) is 0.400. The molecule has 0 radical (unpaired) electrons. The van der Waals surface area contributed by atoms with E-state index in [1.165, 1.54) is 0 Å². The summed E-state index contributed by atoms with van der Waals surface area (Å²) in [7, 11) is -4.07. The summed E-state index contributed by atoms with van der Waals surface area (Å²) in [5, 5.41) is 8.50. The Labute approximate surface area is 108 Å². The number of primary amides is 1. The van der Waals surface area contributed by atoms with E-state index in [4.69, 9.17) is 15.3 Å². The number of carbonyl (C=O) groups excluding carboxylic acids is 1. The molecular formula is C10H12N2O6S. The first-order valence-corrected chi connectivity index (χ1v) is 6.92. The Morgan fingerprint density at radius 2 is 2.11 bits per heavy atom. The highest BCUT2D eigenvalue weighted by molar-refractivity contribution is 7.89. The molecule has 1 aromatic rings. The lowest BCUT2D eigenvalue weighted by Gasteiger charge is -2.19. The average Bonchev–Trinajstić information content (AvgIpc) is 2.98. The number of carbonyl (C=O) groups is 2. The van der Waals surface area contributed by atoms with Gasteiger partial charge in [-0.05, 0) is 25.0 Å². The van der Waals surface area contributed by atoms with E-state index in [9.17, 15) is 18.0 Å². The Hall–Kier alpha value is -1.87. The molecule has 1 aliphatic rings. The number of rotatable bonds is 4. The smallest absolute Gasteiger partial charge is 0.322 e. The van der Waals surface area contributed by atoms with Crippen LogP contribution >= 0.6 is 0 Å². The minimum atomic E-state index is -4.07. The zero-order valence-corrected chi connectivity index (χ0v) is 10.6. The summed E-state index contributed by atoms with van der Waals surface area (Å²) in [6.45, 7) is 0.103. The second-order valence-corrected chi connectivity index (χ2v) is 5.92. The second-order valence-electron chi connectivity index (χ2n) is 4.09. The van der Waals surface area contributed by atoms with Gasteiger partial charge in [0.15, 0.2) is 5.76 Å². The minimum Gasteiger partial charge on any atom is -0.480 e. The summed E-state index contributed by atoms with van der Waals surface area (Å²) >= 11 is 0. The predicted molar refractivity (Wildman–Crippen MR) is 61.8 cm³/mol. The van der Waals surface area contributed by atoms with Crippen molar-refractivity contribution in [1.82, 2.24) is 4.31 Å². The number of aliphatic carboxylic acids is 1. The number of sulfonamides is 1. The van der Waals surface area contributed by atoms with Gasteiger partial charge in [0, 0.05) is 6.54 Å². The lowest BCUT2D eigenvalue weighted by Crippen LogP contribution is -2.40. The normalized spacial score (nSPS) is 20.5. The zero-order valence-electron chi connectivity index (χ0n) is 9.77. The van der Waals surface area contributed by atoms with Gasteiger partial charge in [-0.3, -0.25) is 9.59 Å². The van der Waals surface area contributed by atoms with Gasteiger partial charge in [-0.1, -0.05) is 0 Å². The summed E-state index contributed by atoms with van der Waals surface area (Å²) in [6.07, 6.45) is 0.706. The summed E-state index contributed by atoms with van der Waals surface area (Å²) in [5.41, 5.74) is 4.96. The van der Waals surface area contributed by atoms with Crippen molar-refractivity contribution < 1.29 is 27.5 Å². The van der Waals surface area contributed by atoms with Gasteiger partial charge in [0.05, 0.1) is 0 Å². The van der Waals surface area contributed by atoms with E-state index >= 15 is 0 Å². The van der Waals surface area contributed by atoms with Gasteiger partial charge in [0.25, 0.3) is 15.9 Å². The molecule has 1 aromatic heterocycles. The Kier molecular flexibility index (Phi) is 3.33. The van der Waals surface area contributed by atoms with Crippen molar-refractivity contribution in [2.75, 3.05) is 6.54 Å². The summed E-state index contributed by atoms with van der Waals surface area (Å²) in [4.78, 5) is 21.9. The number of amides is 1. The third kappa shape index (κ3) is 2.34. The van der Waals surface area contributed by atoms with Crippen LogP contribution in [0, 0.1) is 0 Å². The fourth-order valence-electron chi connectivity index (χ4n) is 1.98. The van der Waals surface area contributed by atoms with Crippen LogP contribution in [0.5, 0.6) is 0 Å². The number of carboxylic acids is 1. The number of furan rings is 1. The van der Waals surface area contributed by atoms with Crippen LogP contribution in [0.2, 0.25) is 0 Å². The molecule has 1 fully saturated rings. The molecule has 0 bridgehead atoms. The van der Waals surface area contributed by atoms with E-state index in [0.717, 1.165) is 16.4 Å². The predicted octanol–water partition coefficient (Wildman–Crippen LogP) is -0.384. The summed E-state index contributed by atoms with van der Waals surface area (Å²) in [6, 6.07) is 1.13. The molecule has 1 aliphatic heterocycles. The van der Waals surface area contributed by atoms with Gasteiger partial charge in [0.1, 0.15) is 6.04 Å². The second kappa shape index (κ2) is 4.67. The van der Waals surface area contributed by atoms with E-state index in [-0.39, 0.29) is 18.7 Å². The quantitative estimate of drug-likeness (QED) is 0.776. The first kappa shape index (κ1) is 13.6. The number of nitrogens with two attached hydrogens (primary N) is 1. The van der Waals surface area contributed by atoms with Crippen LogP contribution in [-0.2, 0) is 14.8 Å². The maximum atomic E-state index is 12.2. The molecule has 19 heavy (non-hydrogen) atoms. The SMILES string of the molecule is NC(=O)c1ccc(S(=O)(=O)N2CCC[C@@H]2C(=O)O)o1. The summed E-state index contributed by atoms with van der Waals surface area (Å²) in [5.74, 6) is -2.38. The van der Waals surface area contributed by atoms with Gasteiger partial charge < -0.3 is 15.3 Å². The van der Waals surface area contributed by atoms with E-state index < -0.39 is 33.0 Å². The number of hydrogen-bond acceptors (Lipinski definition) is 5. The molecule has 0 aliphatic carbocycles. The van der Waals surface area contributed by atoms with Gasteiger partial charge in [-0.15, -0.1) is 0 Å². The van der Waals surface area contributed by atoms with E-state index in [0.29, 0.717) is 6.42 Å². The number of hydrogen-bond donors (Lipinski definition) is 2. The molecule has 1 saturated heterocycles. The van der Waals surface area contributed by atoms with Crippen LogP contribution in [0.15, 0.2) is 21.6 Å². The molecular weight excluding hydrogens is 276 g/mol. The van der Waals surface area contributed by atoms with Gasteiger partial charge in [-0.2, -0.15) is 4.31 Å².